The third-order valence-electron chi connectivity index (χ3n) is 2.02. The van der Waals surface area contributed by atoms with Crippen molar-refractivity contribution in [3.8, 4) is 0 Å². The summed E-state index contributed by atoms with van der Waals surface area (Å²) < 4.78 is 1.07. The molecule has 1 aromatic rings. The predicted molar refractivity (Wildman–Crippen MR) is 64.8 cm³/mol. The lowest BCUT2D eigenvalue weighted by Gasteiger charge is -2.21. The topological polar surface area (TPSA) is 37.3 Å². The van der Waals surface area contributed by atoms with Gasteiger partial charge in [-0.1, -0.05) is 20.8 Å². The molecule has 0 unspecified atom stereocenters. The molecule has 14 heavy (non-hydrogen) atoms. The number of carbonyl (C=O) groups is 1. The fraction of sp³-hybridized carbons (Fsp3) is 0.364. The van der Waals surface area contributed by atoms with Gasteiger partial charge in [0.25, 0.3) is 0 Å². The van der Waals surface area contributed by atoms with Gasteiger partial charge in [-0.3, -0.25) is 0 Å². The zero-order valence-corrected chi connectivity index (χ0v) is 10.6. The molecular weight excluding hydrogens is 291 g/mol. The van der Waals surface area contributed by atoms with Crippen LogP contribution >= 0.6 is 22.6 Å². The van der Waals surface area contributed by atoms with Crippen LogP contribution in [0.2, 0.25) is 0 Å². The van der Waals surface area contributed by atoms with E-state index in [2.05, 4.69) is 22.6 Å². The molecule has 1 aromatic carbocycles. The summed E-state index contributed by atoms with van der Waals surface area (Å²) in [6.07, 6.45) is 0. The number of halogens is 1. The summed E-state index contributed by atoms with van der Waals surface area (Å²) in [6, 6.07) is 5.42. The third-order valence-corrected chi connectivity index (χ3v) is 2.69. The van der Waals surface area contributed by atoms with Gasteiger partial charge in [0.1, 0.15) is 0 Å². The first-order valence-corrected chi connectivity index (χ1v) is 5.43. The summed E-state index contributed by atoms with van der Waals surface area (Å²) in [5.41, 5.74) is 1.16. The Morgan fingerprint density at radius 3 is 2.36 bits per heavy atom. The minimum absolute atomic E-state index is 0.130. The van der Waals surface area contributed by atoms with Crippen LogP contribution < -0.4 is 0 Å². The Balaban J connectivity index is 3.38. The molecule has 0 bridgehead atoms. The smallest absolute Gasteiger partial charge is 0.335 e. The molecule has 2 nitrogen and oxygen atoms in total. The van der Waals surface area contributed by atoms with E-state index in [4.69, 9.17) is 5.11 Å². The number of benzene rings is 1. The highest BCUT2D eigenvalue weighted by molar-refractivity contribution is 14.1. The summed E-state index contributed by atoms with van der Waals surface area (Å²) in [5, 5.41) is 9.02. The minimum atomic E-state index is -0.855. The van der Waals surface area contributed by atoms with Gasteiger partial charge >= 0.3 is 5.97 Å². The lowest BCUT2D eigenvalue weighted by atomic mass is 9.84. The van der Waals surface area contributed by atoms with Crippen molar-refractivity contribution < 1.29 is 9.90 Å². The molecule has 76 valence electrons. The highest BCUT2D eigenvalue weighted by Gasteiger charge is 2.21. The van der Waals surface area contributed by atoms with Crippen molar-refractivity contribution in [2.24, 2.45) is 0 Å². The van der Waals surface area contributed by atoms with Crippen LogP contribution in [0.5, 0.6) is 0 Å². The zero-order chi connectivity index (χ0) is 10.9. The Bertz CT molecular complexity index is 364. The fourth-order valence-electron chi connectivity index (χ4n) is 1.32. The minimum Gasteiger partial charge on any atom is -0.478 e. The molecule has 0 amide bonds. The molecule has 0 fully saturated rings. The molecule has 0 aliphatic carbocycles. The number of aromatic carboxylic acids is 1. The van der Waals surface area contributed by atoms with Gasteiger partial charge in [-0.25, -0.2) is 4.79 Å². The van der Waals surface area contributed by atoms with E-state index in [9.17, 15) is 4.79 Å². The Hall–Kier alpha value is -0.580. The quantitative estimate of drug-likeness (QED) is 0.808. The summed E-state index contributed by atoms with van der Waals surface area (Å²) in [7, 11) is 0. The molecule has 0 saturated heterocycles. The molecule has 1 rings (SSSR count). The van der Waals surface area contributed by atoms with Gasteiger partial charge in [0.05, 0.1) is 5.56 Å². The normalized spacial score (nSPS) is 11.4. The largest absolute Gasteiger partial charge is 0.478 e. The molecule has 0 heterocycles. The Labute approximate surface area is 97.5 Å². The van der Waals surface area contributed by atoms with Crippen LogP contribution in [0, 0.1) is 3.57 Å². The summed E-state index contributed by atoms with van der Waals surface area (Å²) in [5.74, 6) is -0.855. The molecule has 0 radical (unpaired) electrons. The highest BCUT2D eigenvalue weighted by atomic mass is 127. The average Bonchev–Trinajstić information content (AvgIpc) is 2.01. The maximum Gasteiger partial charge on any atom is 0.335 e. The molecule has 1 N–H and O–H groups in total. The van der Waals surface area contributed by atoms with E-state index in [1.54, 1.807) is 6.07 Å². The van der Waals surface area contributed by atoms with Crippen molar-refractivity contribution in [3.63, 3.8) is 0 Å². The monoisotopic (exact) mass is 304 g/mol. The second-order valence-electron chi connectivity index (χ2n) is 4.25. The molecule has 0 saturated carbocycles. The van der Waals surface area contributed by atoms with E-state index in [-0.39, 0.29) is 5.41 Å². The molecule has 3 heteroatoms. The SMILES string of the molecule is CC(C)(C)c1cc(I)ccc1C(=O)O. The maximum absolute atomic E-state index is 11.0. The summed E-state index contributed by atoms with van der Waals surface area (Å²) >= 11 is 2.19. The van der Waals surface area contributed by atoms with Crippen LogP contribution in [0.25, 0.3) is 0 Å². The van der Waals surface area contributed by atoms with Gasteiger partial charge in [0.2, 0.25) is 0 Å². The first kappa shape index (κ1) is 11.5. The van der Waals surface area contributed by atoms with E-state index < -0.39 is 5.97 Å². The number of rotatable bonds is 1. The van der Waals surface area contributed by atoms with Gasteiger partial charge in [-0.15, -0.1) is 0 Å². The number of hydrogen-bond acceptors (Lipinski definition) is 1. The second-order valence-corrected chi connectivity index (χ2v) is 5.49. The maximum atomic E-state index is 11.0. The summed E-state index contributed by atoms with van der Waals surface area (Å²) in [6.45, 7) is 6.06. The fourth-order valence-corrected chi connectivity index (χ4v) is 1.81. The standard InChI is InChI=1S/C11H13IO2/c1-11(2,3)9-6-7(12)4-5-8(9)10(13)14/h4-6H,1-3H3,(H,13,14). The van der Waals surface area contributed by atoms with E-state index in [0.717, 1.165) is 9.13 Å². The third kappa shape index (κ3) is 2.47. The lowest BCUT2D eigenvalue weighted by Crippen LogP contribution is -2.17. The van der Waals surface area contributed by atoms with E-state index >= 15 is 0 Å². The molecule has 0 aromatic heterocycles. The predicted octanol–water partition coefficient (Wildman–Crippen LogP) is 3.29. The van der Waals surface area contributed by atoms with Gasteiger partial charge < -0.3 is 5.11 Å². The first-order valence-electron chi connectivity index (χ1n) is 4.35. The molecule has 0 aliphatic rings. The highest BCUT2D eigenvalue weighted by Crippen LogP contribution is 2.27. The van der Waals surface area contributed by atoms with E-state index in [1.165, 1.54) is 0 Å². The van der Waals surface area contributed by atoms with Crippen molar-refractivity contribution in [2.75, 3.05) is 0 Å². The average molecular weight is 304 g/mol. The first-order chi connectivity index (χ1) is 6.32. The van der Waals surface area contributed by atoms with Crippen molar-refractivity contribution in [1.29, 1.82) is 0 Å². The van der Waals surface area contributed by atoms with Gasteiger partial charge in [0, 0.05) is 3.57 Å². The van der Waals surface area contributed by atoms with E-state index in [0.29, 0.717) is 5.56 Å². The Morgan fingerprint density at radius 1 is 1.36 bits per heavy atom. The number of carboxylic acid groups (broad SMARTS) is 1. The molecule has 0 aliphatic heterocycles. The molecular formula is C11H13IO2. The van der Waals surface area contributed by atoms with Crippen LogP contribution in [0.1, 0.15) is 36.7 Å². The Kier molecular flexibility index (Phi) is 3.19. The molecule has 0 spiro atoms. The van der Waals surface area contributed by atoms with Crippen LogP contribution in [0.4, 0.5) is 0 Å². The van der Waals surface area contributed by atoms with Crippen LogP contribution in [-0.4, -0.2) is 11.1 Å². The number of hydrogen-bond donors (Lipinski definition) is 1. The second kappa shape index (κ2) is 3.88. The lowest BCUT2D eigenvalue weighted by molar-refractivity contribution is 0.0694. The van der Waals surface area contributed by atoms with Crippen molar-refractivity contribution >= 4 is 28.6 Å². The van der Waals surface area contributed by atoms with Crippen LogP contribution in [-0.2, 0) is 5.41 Å². The summed E-state index contributed by atoms with van der Waals surface area (Å²) in [4.78, 5) is 11.0. The van der Waals surface area contributed by atoms with Gasteiger partial charge in [-0.05, 0) is 51.8 Å². The van der Waals surface area contributed by atoms with Crippen LogP contribution in [0.15, 0.2) is 18.2 Å². The zero-order valence-electron chi connectivity index (χ0n) is 8.47. The van der Waals surface area contributed by atoms with Crippen molar-refractivity contribution in [1.82, 2.24) is 0 Å². The van der Waals surface area contributed by atoms with E-state index in [1.807, 2.05) is 32.9 Å². The van der Waals surface area contributed by atoms with Crippen molar-refractivity contribution in [2.45, 2.75) is 26.2 Å². The van der Waals surface area contributed by atoms with Crippen LogP contribution in [0.3, 0.4) is 0 Å². The van der Waals surface area contributed by atoms with Gasteiger partial charge in [-0.2, -0.15) is 0 Å². The van der Waals surface area contributed by atoms with Crippen molar-refractivity contribution in [3.05, 3.63) is 32.9 Å². The number of carboxylic acids is 1. The Morgan fingerprint density at radius 2 is 1.93 bits per heavy atom. The van der Waals surface area contributed by atoms with Gasteiger partial charge in [0.15, 0.2) is 0 Å². The molecule has 0 atom stereocenters.